The van der Waals surface area contributed by atoms with Crippen LogP contribution in [0.15, 0.2) is 6.20 Å². The molecule has 4 heteroatoms. The van der Waals surface area contributed by atoms with Gasteiger partial charge in [-0.05, 0) is 40.0 Å². The van der Waals surface area contributed by atoms with E-state index in [4.69, 9.17) is 0 Å². The van der Waals surface area contributed by atoms with Gasteiger partial charge >= 0.3 is 0 Å². The number of aryl methyl sites for hydroxylation is 1. The Morgan fingerprint density at radius 1 is 1.32 bits per heavy atom. The number of aromatic nitrogens is 2. The zero-order chi connectivity index (χ0) is 13.4. The van der Waals surface area contributed by atoms with Crippen molar-refractivity contribution in [3.8, 4) is 0 Å². The van der Waals surface area contributed by atoms with Gasteiger partial charge in [0.05, 0.1) is 5.69 Å². The molecule has 3 heterocycles. The fourth-order valence-electron chi connectivity index (χ4n) is 3.34. The summed E-state index contributed by atoms with van der Waals surface area (Å²) in [5.74, 6) is 0. The van der Waals surface area contributed by atoms with Crippen molar-refractivity contribution in [2.45, 2.75) is 64.7 Å². The highest BCUT2D eigenvalue weighted by molar-refractivity contribution is 5.16. The molecule has 2 bridgehead atoms. The normalized spacial score (nSPS) is 28.0. The predicted octanol–water partition coefficient (Wildman–Crippen LogP) is 2.10. The van der Waals surface area contributed by atoms with E-state index in [1.54, 1.807) is 0 Å². The molecular formula is C15H26N4. The Labute approximate surface area is 116 Å². The van der Waals surface area contributed by atoms with Crippen molar-refractivity contribution in [2.75, 3.05) is 13.1 Å². The maximum atomic E-state index is 4.62. The van der Waals surface area contributed by atoms with Gasteiger partial charge in [0.15, 0.2) is 0 Å². The van der Waals surface area contributed by atoms with Gasteiger partial charge in [0, 0.05) is 49.5 Å². The maximum absolute atomic E-state index is 4.62. The van der Waals surface area contributed by atoms with Crippen molar-refractivity contribution in [1.29, 1.82) is 0 Å². The summed E-state index contributed by atoms with van der Waals surface area (Å²) >= 11 is 0. The molecule has 106 valence electrons. The van der Waals surface area contributed by atoms with Crippen LogP contribution in [0.1, 0.15) is 50.4 Å². The monoisotopic (exact) mass is 262 g/mol. The van der Waals surface area contributed by atoms with Gasteiger partial charge in [-0.3, -0.25) is 9.58 Å². The van der Waals surface area contributed by atoms with Gasteiger partial charge in [0.25, 0.3) is 0 Å². The third kappa shape index (κ3) is 2.84. The number of nitrogens with one attached hydrogen (secondary N) is 1. The molecule has 4 nitrogen and oxygen atoms in total. The van der Waals surface area contributed by atoms with Crippen molar-refractivity contribution < 1.29 is 0 Å². The molecule has 3 rings (SSSR count). The van der Waals surface area contributed by atoms with E-state index in [0.717, 1.165) is 12.6 Å². The minimum Gasteiger partial charge on any atom is -0.310 e. The number of fused-ring (bicyclic) bond motifs is 2. The first-order chi connectivity index (χ1) is 9.11. The van der Waals surface area contributed by atoms with Crippen molar-refractivity contribution in [3.05, 3.63) is 17.5 Å². The van der Waals surface area contributed by atoms with Crippen LogP contribution in [0.3, 0.4) is 0 Å². The standard InChI is InChI=1S/C15H26N4/c1-11(2)19-9-13(12(3)17-19)8-18-7-6-14-4-5-15(10-18)16-14/h9,11,14-16H,4-8,10H2,1-3H3. The van der Waals surface area contributed by atoms with Crippen LogP contribution in [-0.4, -0.2) is 39.9 Å². The highest BCUT2D eigenvalue weighted by atomic mass is 15.3. The third-order valence-electron chi connectivity index (χ3n) is 4.55. The summed E-state index contributed by atoms with van der Waals surface area (Å²) in [6.45, 7) is 9.99. The number of hydrogen-bond donors (Lipinski definition) is 1. The molecule has 0 saturated carbocycles. The summed E-state index contributed by atoms with van der Waals surface area (Å²) in [5.41, 5.74) is 2.59. The molecule has 2 aliphatic heterocycles. The average Bonchev–Trinajstić information content (AvgIpc) is 2.87. The van der Waals surface area contributed by atoms with Gasteiger partial charge < -0.3 is 5.32 Å². The lowest BCUT2D eigenvalue weighted by Gasteiger charge is -2.23. The first-order valence-electron chi connectivity index (χ1n) is 7.65. The molecule has 2 unspecified atom stereocenters. The average molecular weight is 262 g/mol. The third-order valence-corrected chi connectivity index (χ3v) is 4.55. The van der Waals surface area contributed by atoms with Crippen LogP contribution in [0.4, 0.5) is 0 Å². The van der Waals surface area contributed by atoms with E-state index in [1.807, 2.05) is 0 Å². The summed E-state index contributed by atoms with van der Waals surface area (Å²) in [6.07, 6.45) is 6.26. The van der Waals surface area contributed by atoms with E-state index in [9.17, 15) is 0 Å². The second-order valence-electron chi connectivity index (χ2n) is 6.48. The molecule has 2 saturated heterocycles. The molecule has 1 aromatic rings. The zero-order valence-electron chi connectivity index (χ0n) is 12.4. The molecule has 0 radical (unpaired) electrons. The largest absolute Gasteiger partial charge is 0.310 e. The Bertz CT molecular complexity index is 437. The topological polar surface area (TPSA) is 33.1 Å². The molecule has 0 spiro atoms. The zero-order valence-corrected chi connectivity index (χ0v) is 12.4. The van der Waals surface area contributed by atoms with Gasteiger partial charge in [-0.1, -0.05) is 0 Å². The van der Waals surface area contributed by atoms with Gasteiger partial charge in [-0.15, -0.1) is 0 Å². The van der Waals surface area contributed by atoms with Crippen molar-refractivity contribution in [3.63, 3.8) is 0 Å². The smallest absolute Gasteiger partial charge is 0.0638 e. The molecule has 0 aliphatic carbocycles. The minimum absolute atomic E-state index is 0.453. The summed E-state index contributed by atoms with van der Waals surface area (Å²) in [4.78, 5) is 2.60. The number of likely N-dealkylation sites (tertiary alicyclic amines) is 1. The van der Waals surface area contributed by atoms with E-state index >= 15 is 0 Å². The molecular weight excluding hydrogens is 236 g/mol. The summed E-state index contributed by atoms with van der Waals surface area (Å²) in [5, 5.41) is 8.37. The van der Waals surface area contributed by atoms with Crippen molar-refractivity contribution in [1.82, 2.24) is 20.0 Å². The molecule has 2 aliphatic rings. The Hall–Kier alpha value is -0.870. The van der Waals surface area contributed by atoms with Gasteiger partial charge in [0.2, 0.25) is 0 Å². The quantitative estimate of drug-likeness (QED) is 0.905. The van der Waals surface area contributed by atoms with Crippen LogP contribution in [-0.2, 0) is 6.54 Å². The fraction of sp³-hybridized carbons (Fsp3) is 0.800. The van der Waals surface area contributed by atoms with Crippen LogP contribution in [0.2, 0.25) is 0 Å². The first-order valence-corrected chi connectivity index (χ1v) is 7.65. The highest BCUT2D eigenvalue weighted by Gasteiger charge is 2.29. The molecule has 2 fully saturated rings. The van der Waals surface area contributed by atoms with E-state index in [2.05, 4.69) is 47.0 Å². The Morgan fingerprint density at radius 3 is 2.84 bits per heavy atom. The van der Waals surface area contributed by atoms with Gasteiger partial charge in [-0.25, -0.2) is 0 Å². The van der Waals surface area contributed by atoms with Crippen LogP contribution < -0.4 is 5.32 Å². The lowest BCUT2D eigenvalue weighted by molar-refractivity contribution is 0.250. The Balaban J connectivity index is 1.67. The SMILES string of the molecule is Cc1nn(C(C)C)cc1CN1CCC2CCC(C1)N2. The van der Waals surface area contributed by atoms with Crippen LogP contribution >= 0.6 is 0 Å². The summed E-state index contributed by atoms with van der Waals surface area (Å²) < 4.78 is 2.09. The maximum Gasteiger partial charge on any atom is 0.0638 e. The number of nitrogens with zero attached hydrogens (tertiary/aromatic N) is 3. The summed E-state index contributed by atoms with van der Waals surface area (Å²) in [7, 11) is 0. The van der Waals surface area contributed by atoms with Crippen LogP contribution in [0.5, 0.6) is 0 Å². The Morgan fingerprint density at radius 2 is 2.11 bits per heavy atom. The predicted molar refractivity (Wildman–Crippen MR) is 77.2 cm³/mol. The lowest BCUT2D eigenvalue weighted by Crippen LogP contribution is -2.35. The molecule has 0 aromatic carbocycles. The minimum atomic E-state index is 0.453. The second-order valence-corrected chi connectivity index (χ2v) is 6.48. The first kappa shape index (κ1) is 13.1. The molecule has 1 aromatic heterocycles. The lowest BCUT2D eigenvalue weighted by atomic mass is 10.1. The van der Waals surface area contributed by atoms with Crippen molar-refractivity contribution >= 4 is 0 Å². The van der Waals surface area contributed by atoms with Gasteiger partial charge in [-0.2, -0.15) is 5.10 Å². The Kier molecular flexibility index (Phi) is 3.63. The molecule has 1 N–H and O–H groups in total. The van der Waals surface area contributed by atoms with E-state index in [1.165, 1.54) is 43.6 Å². The fourth-order valence-corrected chi connectivity index (χ4v) is 3.34. The van der Waals surface area contributed by atoms with Crippen molar-refractivity contribution in [2.24, 2.45) is 0 Å². The molecule has 19 heavy (non-hydrogen) atoms. The molecule has 0 amide bonds. The van der Waals surface area contributed by atoms with E-state index < -0.39 is 0 Å². The van der Waals surface area contributed by atoms with Crippen LogP contribution in [0.25, 0.3) is 0 Å². The number of rotatable bonds is 3. The van der Waals surface area contributed by atoms with Crippen LogP contribution in [0, 0.1) is 6.92 Å². The summed E-state index contributed by atoms with van der Waals surface area (Å²) in [6, 6.07) is 1.94. The molecule has 2 atom stereocenters. The van der Waals surface area contributed by atoms with Gasteiger partial charge in [0.1, 0.15) is 0 Å². The second kappa shape index (κ2) is 5.25. The number of hydrogen-bond acceptors (Lipinski definition) is 3. The highest BCUT2D eigenvalue weighted by Crippen LogP contribution is 2.22. The van der Waals surface area contributed by atoms with E-state index in [0.29, 0.717) is 12.1 Å². The van der Waals surface area contributed by atoms with E-state index in [-0.39, 0.29) is 0 Å².